The molecule has 2 aromatic rings. The number of hydrogen-bond acceptors (Lipinski definition) is 5. The maximum atomic E-state index is 11.5. The molecule has 5 nitrogen and oxygen atoms in total. The minimum atomic E-state index is -1.18. The SMILES string of the molecule is CC(=O)OC1Cc2ccccc2N(C(N)O)c2ccccc21. The number of ether oxygens (including phenoxy) is 1. The van der Waals surface area contributed by atoms with Crippen LogP contribution in [0.2, 0.25) is 0 Å². The first-order valence-electron chi connectivity index (χ1n) is 7.15. The molecule has 0 radical (unpaired) electrons. The molecule has 1 aliphatic heterocycles. The molecule has 0 aliphatic carbocycles. The number of fused-ring (bicyclic) bond motifs is 2. The Bertz CT molecular complexity index is 700. The summed E-state index contributed by atoms with van der Waals surface area (Å²) >= 11 is 0. The van der Waals surface area contributed by atoms with Gasteiger partial charge in [0, 0.05) is 24.6 Å². The smallest absolute Gasteiger partial charge is 0.303 e. The number of benzene rings is 2. The number of rotatable bonds is 2. The highest BCUT2D eigenvalue weighted by Crippen LogP contribution is 2.41. The van der Waals surface area contributed by atoms with E-state index in [0.29, 0.717) is 6.42 Å². The molecule has 1 aliphatic rings. The van der Waals surface area contributed by atoms with Gasteiger partial charge in [-0.2, -0.15) is 0 Å². The van der Waals surface area contributed by atoms with Crippen molar-refractivity contribution in [3.63, 3.8) is 0 Å². The number of nitrogens with zero attached hydrogens (tertiary/aromatic N) is 1. The third kappa shape index (κ3) is 2.56. The molecule has 22 heavy (non-hydrogen) atoms. The maximum Gasteiger partial charge on any atom is 0.303 e. The van der Waals surface area contributed by atoms with Gasteiger partial charge in [-0.3, -0.25) is 10.5 Å². The molecule has 0 saturated heterocycles. The lowest BCUT2D eigenvalue weighted by Gasteiger charge is -2.29. The van der Waals surface area contributed by atoms with Gasteiger partial charge in [0.1, 0.15) is 6.10 Å². The van der Waals surface area contributed by atoms with Gasteiger partial charge in [-0.05, 0) is 17.7 Å². The van der Waals surface area contributed by atoms with Crippen molar-refractivity contribution in [2.24, 2.45) is 5.73 Å². The van der Waals surface area contributed by atoms with Gasteiger partial charge >= 0.3 is 5.97 Å². The fourth-order valence-electron chi connectivity index (χ4n) is 2.93. The molecule has 0 bridgehead atoms. The van der Waals surface area contributed by atoms with Crippen molar-refractivity contribution in [2.45, 2.75) is 25.8 Å². The van der Waals surface area contributed by atoms with Crippen molar-refractivity contribution in [1.29, 1.82) is 0 Å². The largest absolute Gasteiger partial charge is 0.457 e. The summed E-state index contributed by atoms with van der Waals surface area (Å²) in [7, 11) is 0. The molecular formula is C17H18N2O3. The zero-order valence-electron chi connectivity index (χ0n) is 12.3. The molecule has 0 spiro atoms. The predicted molar refractivity (Wildman–Crippen MR) is 83.4 cm³/mol. The van der Waals surface area contributed by atoms with Crippen LogP contribution < -0.4 is 10.6 Å². The van der Waals surface area contributed by atoms with Crippen LogP contribution in [-0.2, 0) is 16.0 Å². The lowest BCUT2D eigenvalue weighted by atomic mass is 10.0. The molecule has 3 rings (SSSR count). The van der Waals surface area contributed by atoms with Crippen molar-refractivity contribution < 1.29 is 14.6 Å². The second-order valence-electron chi connectivity index (χ2n) is 5.27. The van der Waals surface area contributed by atoms with Crippen molar-refractivity contribution in [3.05, 3.63) is 59.7 Å². The number of aliphatic hydroxyl groups excluding tert-OH is 1. The van der Waals surface area contributed by atoms with E-state index in [2.05, 4.69) is 0 Å². The van der Waals surface area contributed by atoms with Gasteiger partial charge in [0.2, 0.25) is 0 Å². The van der Waals surface area contributed by atoms with Crippen LogP contribution >= 0.6 is 0 Å². The van der Waals surface area contributed by atoms with Gasteiger partial charge in [-0.15, -0.1) is 0 Å². The molecule has 1 heterocycles. The topological polar surface area (TPSA) is 75.8 Å². The maximum absolute atomic E-state index is 11.5. The standard InChI is InChI=1S/C17H18N2O3/c1-11(20)22-16-10-12-6-2-4-8-14(12)19(17(18)21)15-9-5-3-7-13(15)16/h2-9,16-17,21H,10,18H2,1H3. The number of aliphatic hydroxyl groups is 1. The zero-order chi connectivity index (χ0) is 15.7. The minimum absolute atomic E-state index is 0.334. The molecule has 0 fully saturated rings. The van der Waals surface area contributed by atoms with Gasteiger partial charge in [0.05, 0.1) is 5.69 Å². The van der Waals surface area contributed by atoms with Crippen LogP contribution in [0.15, 0.2) is 48.5 Å². The fraction of sp³-hybridized carbons (Fsp3) is 0.235. The van der Waals surface area contributed by atoms with Gasteiger partial charge in [-0.1, -0.05) is 36.4 Å². The van der Waals surface area contributed by atoms with Crippen LogP contribution in [0.1, 0.15) is 24.2 Å². The average molecular weight is 298 g/mol. The summed E-state index contributed by atoms with van der Waals surface area (Å²) in [6.45, 7) is 1.40. The highest BCUT2D eigenvalue weighted by atomic mass is 16.5. The first-order chi connectivity index (χ1) is 10.6. The molecule has 2 aromatic carbocycles. The second-order valence-corrected chi connectivity index (χ2v) is 5.27. The monoisotopic (exact) mass is 298 g/mol. The number of anilines is 2. The van der Waals surface area contributed by atoms with Crippen molar-refractivity contribution in [1.82, 2.24) is 0 Å². The van der Waals surface area contributed by atoms with Crippen LogP contribution in [0, 0.1) is 0 Å². The van der Waals surface area contributed by atoms with Crippen molar-refractivity contribution in [3.8, 4) is 0 Å². The van der Waals surface area contributed by atoms with Gasteiger partial charge in [-0.25, -0.2) is 0 Å². The lowest BCUT2D eigenvalue weighted by molar-refractivity contribution is -0.146. The van der Waals surface area contributed by atoms with E-state index in [4.69, 9.17) is 10.5 Å². The third-order valence-electron chi connectivity index (χ3n) is 3.77. The predicted octanol–water partition coefficient (Wildman–Crippen LogP) is 2.22. The van der Waals surface area contributed by atoms with E-state index < -0.39 is 12.5 Å². The van der Waals surface area contributed by atoms with Crippen LogP contribution in [-0.4, -0.2) is 17.4 Å². The summed E-state index contributed by atoms with van der Waals surface area (Å²) in [5, 5.41) is 10.1. The van der Waals surface area contributed by atoms with Crippen LogP contribution in [0.25, 0.3) is 0 Å². The Morgan fingerprint density at radius 2 is 1.86 bits per heavy atom. The van der Waals surface area contributed by atoms with E-state index in [-0.39, 0.29) is 5.97 Å². The molecule has 0 aromatic heterocycles. The number of nitrogens with two attached hydrogens (primary N) is 1. The summed E-state index contributed by atoms with van der Waals surface area (Å²) in [6.07, 6.45) is -1.05. The Morgan fingerprint density at radius 1 is 1.23 bits per heavy atom. The van der Waals surface area contributed by atoms with E-state index in [1.807, 2.05) is 48.5 Å². The lowest BCUT2D eigenvalue weighted by Crippen LogP contribution is -2.39. The molecule has 114 valence electrons. The highest BCUT2D eigenvalue weighted by molar-refractivity contribution is 5.73. The molecule has 5 heteroatoms. The Labute approximate surface area is 128 Å². The summed E-state index contributed by atoms with van der Waals surface area (Å²) in [6, 6.07) is 15.2. The molecule has 3 N–H and O–H groups in total. The summed E-state index contributed by atoms with van der Waals surface area (Å²) in [5.41, 5.74) is 9.15. The number of esters is 1. The second kappa shape index (κ2) is 5.79. The third-order valence-corrected chi connectivity index (χ3v) is 3.77. The Morgan fingerprint density at radius 3 is 2.55 bits per heavy atom. The Hall–Kier alpha value is -2.37. The number of carbonyl (C=O) groups is 1. The van der Waals surface area contributed by atoms with Crippen LogP contribution in [0.3, 0.4) is 0 Å². The first kappa shape index (κ1) is 14.6. The number of para-hydroxylation sites is 2. The number of carbonyl (C=O) groups excluding carboxylic acids is 1. The van der Waals surface area contributed by atoms with E-state index >= 15 is 0 Å². The molecular weight excluding hydrogens is 280 g/mol. The summed E-state index contributed by atoms with van der Waals surface area (Å²) in [5.74, 6) is -0.334. The van der Waals surface area contributed by atoms with Gasteiger partial charge < -0.3 is 14.7 Å². The first-order valence-corrected chi connectivity index (χ1v) is 7.15. The van der Waals surface area contributed by atoms with E-state index in [1.54, 1.807) is 4.90 Å². The molecule has 0 saturated carbocycles. The van der Waals surface area contributed by atoms with Gasteiger partial charge in [0.25, 0.3) is 0 Å². The van der Waals surface area contributed by atoms with E-state index in [9.17, 15) is 9.90 Å². The molecule has 0 amide bonds. The Kier molecular flexibility index (Phi) is 3.83. The normalized spacial score (nSPS) is 18.0. The van der Waals surface area contributed by atoms with E-state index in [0.717, 1.165) is 22.5 Å². The average Bonchev–Trinajstić information content (AvgIpc) is 2.61. The van der Waals surface area contributed by atoms with Gasteiger partial charge in [0.15, 0.2) is 6.35 Å². The summed E-state index contributed by atoms with van der Waals surface area (Å²) in [4.78, 5) is 13.1. The van der Waals surface area contributed by atoms with Crippen molar-refractivity contribution >= 4 is 17.3 Å². The summed E-state index contributed by atoms with van der Waals surface area (Å²) < 4.78 is 5.49. The molecule has 2 unspecified atom stereocenters. The minimum Gasteiger partial charge on any atom is -0.457 e. The van der Waals surface area contributed by atoms with Crippen LogP contribution in [0.5, 0.6) is 0 Å². The molecule has 2 atom stereocenters. The number of hydrogen-bond donors (Lipinski definition) is 2. The van der Waals surface area contributed by atoms with Crippen LogP contribution in [0.4, 0.5) is 11.4 Å². The quantitative estimate of drug-likeness (QED) is 0.657. The zero-order valence-corrected chi connectivity index (χ0v) is 12.3. The van der Waals surface area contributed by atoms with Crippen molar-refractivity contribution in [2.75, 3.05) is 4.90 Å². The van der Waals surface area contributed by atoms with E-state index in [1.165, 1.54) is 6.92 Å². The highest BCUT2D eigenvalue weighted by Gasteiger charge is 2.30. The fourth-order valence-corrected chi connectivity index (χ4v) is 2.93. The Balaban J connectivity index is 2.20.